The van der Waals surface area contributed by atoms with E-state index in [2.05, 4.69) is 15.6 Å². The van der Waals surface area contributed by atoms with Gasteiger partial charge in [-0.15, -0.1) is 11.8 Å². The number of fused-ring (bicyclic) bond motifs is 1. The van der Waals surface area contributed by atoms with Crippen LogP contribution in [0, 0.1) is 0 Å². The van der Waals surface area contributed by atoms with Gasteiger partial charge in [-0.25, -0.2) is 4.79 Å². The van der Waals surface area contributed by atoms with Crippen molar-refractivity contribution in [2.24, 2.45) is 10.7 Å². The molecule has 2 aliphatic heterocycles. The molecule has 2 aromatic rings. The first kappa shape index (κ1) is 29.9. The topological polar surface area (TPSA) is 154 Å². The summed E-state index contributed by atoms with van der Waals surface area (Å²) < 4.78 is 39.4. The smallest absolute Gasteiger partial charge is 0.417 e. The number of hydrogen-bond donors (Lipinski definition) is 4. The lowest BCUT2D eigenvalue weighted by Gasteiger charge is -2.44. The molecule has 2 aliphatic rings. The summed E-state index contributed by atoms with van der Waals surface area (Å²) in [6, 6.07) is 8.05. The number of β-lactam (4-membered cyclic amide) rings is 1. The van der Waals surface area contributed by atoms with E-state index in [4.69, 9.17) is 5.73 Å². The maximum Gasteiger partial charge on any atom is 0.417 e. The molecule has 0 aliphatic carbocycles. The van der Waals surface area contributed by atoms with Crippen LogP contribution in [0.5, 0.6) is 0 Å². The fourth-order valence-corrected chi connectivity index (χ4v) is 6.51. The van der Waals surface area contributed by atoms with Gasteiger partial charge in [-0.05, 0) is 32.4 Å². The van der Waals surface area contributed by atoms with E-state index in [0.717, 1.165) is 12.1 Å². The molecular weight excluding hydrogens is 563 g/mol. The second-order valence-corrected chi connectivity index (χ2v) is 11.9. The molecule has 41 heavy (non-hydrogen) atoms. The van der Waals surface area contributed by atoms with Crippen LogP contribution in [0.4, 0.5) is 13.2 Å². The fraction of sp³-hybridized carbons (Fsp3) is 0.370. The van der Waals surface area contributed by atoms with Crippen molar-refractivity contribution in [3.63, 3.8) is 0 Å². The van der Waals surface area contributed by atoms with Crippen LogP contribution in [0.1, 0.15) is 43.5 Å². The number of carbonyl (C=O) groups is 4. The van der Waals surface area contributed by atoms with E-state index >= 15 is 0 Å². The third kappa shape index (κ3) is 5.87. The minimum Gasteiger partial charge on any atom is -0.480 e. The Morgan fingerprint density at radius 3 is 2.29 bits per heavy atom. The summed E-state index contributed by atoms with van der Waals surface area (Å²) >= 11 is 1.25. The van der Waals surface area contributed by atoms with Gasteiger partial charge in [0.05, 0.1) is 5.56 Å². The first-order chi connectivity index (χ1) is 19.1. The van der Waals surface area contributed by atoms with E-state index in [1.165, 1.54) is 35.7 Å². The van der Waals surface area contributed by atoms with Crippen LogP contribution in [-0.2, 0) is 25.4 Å². The molecule has 2 aromatic carbocycles. The number of rotatable bonds is 8. The maximum absolute atomic E-state index is 13.4. The highest BCUT2D eigenvalue weighted by Crippen LogP contribution is 2.50. The summed E-state index contributed by atoms with van der Waals surface area (Å²) in [7, 11) is 0. The number of alkyl halides is 3. The van der Waals surface area contributed by atoms with Crippen LogP contribution in [0.3, 0.4) is 0 Å². The third-order valence-corrected chi connectivity index (χ3v) is 8.45. The molecule has 0 radical (unpaired) electrons. The molecule has 0 spiro atoms. The minimum absolute atomic E-state index is 0.372. The molecule has 218 valence electrons. The van der Waals surface area contributed by atoms with E-state index in [-0.39, 0.29) is 5.56 Å². The fourth-order valence-electron chi connectivity index (χ4n) is 4.88. The summed E-state index contributed by atoms with van der Waals surface area (Å²) in [5, 5.41) is 14.2. The van der Waals surface area contributed by atoms with Gasteiger partial charge in [-0.2, -0.15) is 13.2 Å². The predicted molar refractivity (Wildman–Crippen MR) is 145 cm³/mol. The van der Waals surface area contributed by atoms with Crippen molar-refractivity contribution in [1.82, 2.24) is 15.5 Å². The standard InChI is InChI=1S/C27H28F3N5O5S/c1-13(32-20(31)15-11-7-8-12-16(15)27(28,29)30)21(36)33-17(14-9-5-4-6-10-14)22(37)34-18-23(38)35-19(25(39)40)26(2,3)41-24(18)35/h4-13,17-19,24H,1-3H3,(H2,31,32)(H,33,36)(H,34,37)(H,39,40)/t13?,17?,18-,19+,24-/m1/s1. The molecule has 0 aromatic heterocycles. The second kappa shape index (κ2) is 11.1. The van der Waals surface area contributed by atoms with Crippen molar-refractivity contribution in [3.8, 4) is 0 Å². The predicted octanol–water partition coefficient (Wildman–Crippen LogP) is 2.29. The molecular formula is C27H28F3N5O5S. The number of halogens is 3. The van der Waals surface area contributed by atoms with Gasteiger partial charge in [0.1, 0.15) is 35.4 Å². The quantitative estimate of drug-likeness (QED) is 0.209. The third-order valence-electron chi connectivity index (χ3n) is 6.87. The largest absolute Gasteiger partial charge is 0.480 e. The summed E-state index contributed by atoms with van der Waals surface area (Å²) in [5.41, 5.74) is 4.83. The lowest BCUT2D eigenvalue weighted by atomic mass is 9.95. The molecule has 10 nitrogen and oxygen atoms in total. The Kier molecular flexibility index (Phi) is 8.07. The number of carbonyl (C=O) groups excluding carboxylic acids is 3. The van der Waals surface area contributed by atoms with Gasteiger partial charge in [0.25, 0.3) is 0 Å². The number of hydrogen-bond acceptors (Lipinski definition) is 6. The summed E-state index contributed by atoms with van der Waals surface area (Å²) in [4.78, 5) is 56.3. The molecule has 3 amide bonds. The highest BCUT2D eigenvalue weighted by Gasteiger charge is 2.64. The van der Waals surface area contributed by atoms with Crippen LogP contribution in [0.25, 0.3) is 0 Å². The van der Waals surface area contributed by atoms with Crippen molar-refractivity contribution < 1.29 is 37.5 Å². The van der Waals surface area contributed by atoms with Gasteiger partial charge in [0.2, 0.25) is 17.7 Å². The molecule has 0 saturated carbocycles. The Hall–Kier alpha value is -4.07. The second-order valence-electron chi connectivity index (χ2n) is 10.2. The Morgan fingerprint density at radius 2 is 1.68 bits per heavy atom. The summed E-state index contributed by atoms with van der Waals surface area (Å²) in [6.07, 6.45) is -4.69. The van der Waals surface area contributed by atoms with Crippen molar-refractivity contribution >= 4 is 41.3 Å². The number of amides is 3. The zero-order valence-electron chi connectivity index (χ0n) is 22.2. The van der Waals surface area contributed by atoms with E-state index in [9.17, 15) is 37.5 Å². The number of nitrogens with one attached hydrogen (secondary N) is 2. The Labute approximate surface area is 237 Å². The van der Waals surface area contributed by atoms with Gasteiger partial charge < -0.3 is 26.4 Å². The minimum atomic E-state index is -4.69. The monoisotopic (exact) mass is 591 g/mol. The molecule has 0 bridgehead atoms. The van der Waals surface area contributed by atoms with Crippen molar-refractivity contribution in [2.45, 2.75) is 61.2 Å². The zero-order valence-corrected chi connectivity index (χ0v) is 23.0. The lowest BCUT2D eigenvalue weighted by molar-refractivity contribution is -0.161. The average molecular weight is 592 g/mol. The zero-order chi connectivity index (χ0) is 30.3. The van der Waals surface area contributed by atoms with Crippen LogP contribution in [0.15, 0.2) is 59.6 Å². The van der Waals surface area contributed by atoms with Crippen LogP contribution in [0.2, 0.25) is 0 Å². The highest BCUT2D eigenvalue weighted by atomic mass is 32.2. The average Bonchev–Trinajstić information content (AvgIpc) is 3.17. The van der Waals surface area contributed by atoms with E-state index in [1.807, 2.05) is 0 Å². The molecule has 14 heteroatoms. The normalized spacial score (nSPS) is 23.2. The van der Waals surface area contributed by atoms with Crippen molar-refractivity contribution in [1.29, 1.82) is 0 Å². The number of nitrogens with zero attached hydrogens (tertiary/aromatic N) is 2. The number of thioether (sulfide) groups is 1. The summed E-state index contributed by atoms with van der Waals surface area (Å²) in [6.45, 7) is 4.72. The molecule has 2 unspecified atom stereocenters. The molecule has 2 fully saturated rings. The molecule has 5 atom stereocenters. The number of benzene rings is 2. The van der Waals surface area contributed by atoms with Crippen LogP contribution >= 0.6 is 11.8 Å². The first-order valence-corrected chi connectivity index (χ1v) is 13.4. The van der Waals surface area contributed by atoms with Gasteiger partial charge in [0, 0.05) is 10.3 Å². The highest BCUT2D eigenvalue weighted by molar-refractivity contribution is 8.01. The van der Waals surface area contributed by atoms with E-state index in [1.54, 1.807) is 44.2 Å². The summed E-state index contributed by atoms with van der Waals surface area (Å²) in [5.74, 6) is -3.74. The van der Waals surface area contributed by atoms with Gasteiger partial charge in [-0.3, -0.25) is 19.4 Å². The Balaban J connectivity index is 1.52. The Bertz CT molecular complexity index is 1400. The number of carboxylic acid groups (broad SMARTS) is 1. The lowest BCUT2D eigenvalue weighted by Crippen LogP contribution is -2.71. The van der Waals surface area contributed by atoms with Crippen LogP contribution < -0.4 is 16.4 Å². The van der Waals surface area contributed by atoms with E-state index in [0.29, 0.717) is 5.56 Å². The maximum atomic E-state index is 13.4. The molecule has 4 rings (SSSR count). The van der Waals surface area contributed by atoms with Gasteiger partial charge in [-0.1, -0.05) is 48.5 Å². The number of carboxylic acids is 1. The van der Waals surface area contributed by atoms with E-state index < -0.39 is 75.6 Å². The Morgan fingerprint density at radius 1 is 1.07 bits per heavy atom. The number of nitrogens with two attached hydrogens (primary N) is 1. The van der Waals surface area contributed by atoms with Gasteiger partial charge in [0.15, 0.2) is 0 Å². The van der Waals surface area contributed by atoms with Gasteiger partial charge >= 0.3 is 12.1 Å². The number of aliphatic imine (C=N–C) groups is 1. The number of amidine groups is 1. The molecule has 2 heterocycles. The van der Waals surface area contributed by atoms with Crippen molar-refractivity contribution in [3.05, 3.63) is 71.3 Å². The molecule has 5 N–H and O–H groups in total. The first-order valence-electron chi connectivity index (χ1n) is 12.5. The molecule has 2 saturated heterocycles. The number of aliphatic carboxylic acids is 1. The van der Waals surface area contributed by atoms with Crippen LogP contribution in [-0.4, -0.2) is 67.8 Å². The van der Waals surface area contributed by atoms with Crippen molar-refractivity contribution in [2.75, 3.05) is 0 Å². The SMILES string of the molecule is CC(N=C(N)c1ccccc1C(F)(F)F)C(=O)NC(C(=O)N[C@@H]1C(=O)N2[C@@H]1SC(C)(C)[C@@H]2C(=O)O)c1ccccc1.